The summed E-state index contributed by atoms with van der Waals surface area (Å²) in [5.41, 5.74) is -1.18. The highest BCUT2D eigenvalue weighted by Gasteiger charge is 2.57. The van der Waals surface area contributed by atoms with Crippen molar-refractivity contribution < 1.29 is 22.0 Å². The van der Waals surface area contributed by atoms with Gasteiger partial charge in [-0.15, -0.1) is 0 Å². The molecule has 0 aromatic carbocycles. The Morgan fingerprint density at radius 2 is 1.89 bits per heavy atom. The van der Waals surface area contributed by atoms with Gasteiger partial charge in [-0.05, 0) is 36.7 Å². The molecule has 0 atom stereocenters. The molecule has 102 valence electrons. The van der Waals surface area contributed by atoms with Crippen LogP contribution in [0.4, 0.5) is 17.6 Å². The molecule has 8 heteroatoms. The molecule has 2 rings (SSSR count). The van der Waals surface area contributed by atoms with Crippen LogP contribution in [0.2, 0.25) is 0 Å². The van der Waals surface area contributed by atoms with Crippen molar-refractivity contribution in [2.24, 2.45) is 0 Å². The van der Waals surface area contributed by atoms with Gasteiger partial charge in [0.05, 0.1) is 6.26 Å². The number of rotatable bonds is 3. The van der Waals surface area contributed by atoms with E-state index in [2.05, 4.69) is 21.6 Å². The lowest BCUT2D eigenvalue weighted by Crippen LogP contribution is -2.33. The molecule has 2 aromatic rings. The minimum Gasteiger partial charge on any atom is -0.463 e. The van der Waals surface area contributed by atoms with Crippen LogP contribution < -0.4 is 0 Å². The molecule has 19 heavy (non-hydrogen) atoms. The van der Waals surface area contributed by atoms with E-state index in [1.54, 1.807) is 0 Å². The highest BCUT2D eigenvalue weighted by atomic mass is 35.5. The van der Waals surface area contributed by atoms with Crippen LogP contribution in [0.15, 0.2) is 28.9 Å². The van der Waals surface area contributed by atoms with E-state index < -0.39 is 17.0 Å². The Morgan fingerprint density at radius 1 is 1.21 bits per heavy atom. The van der Waals surface area contributed by atoms with E-state index in [1.807, 2.05) is 0 Å². The summed E-state index contributed by atoms with van der Waals surface area (Å²) in [6.07, 6.45) is 1.31. The van der Waals surface area contributed by atoms with Gasteiger partial charge in [-0.1, -0.05) is 0 Å². The first kappa shape index (κ1) is 13.8. The van der Waals surface area contributed by atoms with Gasteiger partial charge < -0.3 is 4.42 Å². The Balaban J connectivity index is 2.55. The highest BCUT2D eigenvalue weighted by Crippen LogP contribution is 2.45. The lowest BCUT2D eigenvalue weighted by molar-refractivity contribution is -0.166. The fourth-order valence-corrected chi connectivity index (χ4v) is 1.52. The van der Waals surface area contributed by atoms with Crippen molar-refractivity contribution in [3.8, 4) is 11.5 Å². The highest BCUT2D eigenvalue weighted by molar-refractivity contribution is 6.22. The number of nitrogens with zero attached hydrogens (tertiary/aromatic N) is 2. The van der Waals surface area contributed by atoms with E-state index in [-0.39, 0.29) is 17.3 Å². The van der Waals surface area contributed by atoms with Gasteiger partial charge in [0.15, 0.2) is 5.76 Å². The van der Waals surface area contributed by atoms with Gasteiger partial charge in [-0.2, -0.15) is 17.6 Å². The van der Waals surface area contributed by atoms with Crippen LogP contribution in [0.1, 0.15) is 11.5 Å². The summed E-state index contributed by atoms with van der Waals surface area (Å²) in [4.78, 5) is 7.16. The van der Waals surface area contributed by atoms with Crippen LogP contribution >= 0.6 is 11.6 Å². The first-order valence-electron chi connectivity index (χ1n) is 5.06. The maximum atomic E-state index is 13.5. The molecule has 0 spiro atoms. The van der Waals surface area contributed by atoms with E-state index in [4.69, 9.17) is 4.42 Å². The Labute approximate surface area is 110 Å². The minimum absolute atomic E-state index is 0.0203. The summed E-state index contributed by atoms with van der Waals surface area (Å²) in [5, 5.41) is -4.74. The van der Waals surface area contributed by atoms with Gasteiger partial charge in [0.1, 0.15) is 17.2 Å². The quantitative estimate of drug-likeness (QED) is 0.635. The second-order valence-electron chi connectivity index (χ2n) is 3.74. The minimum atomic E-state index is -4.74. The summed E-state index contributed by atoms with van der Waals surface area (Å²) >= 11 is 4.42. The fourth-order valence-electron chi connectivity index (χ4n) is 1.42. The molecular formula is C11H7ClF4N2O. The Hall–Kier alpha value is -1.63. The third-order valence-corrected chi connectivity index (χ3v) is 2.53. The monoisotopic (exact) mass is 294 g/mol. The largest absolute Gasteiger partial charge is 0.463 e. The Kier molecular flexibility index (Phi) is 3.25. The molecule has 0 unspecified atom stereocenters. The molecular weight excluding hydrogens is 288 g/mol. The summed E-state index contributed by atoms with van der Waals surface area (Å²) in [5.74, 6) is -4.53. The van der Waals surface area contributed by atoms with Crippen LogP contribution in [0.25, 0.3) is 11.5 Å². The topological polar surface area (TPSA) is 38.9 Å². The normalized spacial score (nSPS) is 12.7. The maximum Gasteiger partial charge on any atom is 0.390 e. The SMILES string of the molecule is Cc1nc(-c2ccco2)cc(C(F)(F)C(F)(F)Cl)n1. The van der Waals surface area contributed by atoms with Gasteiger partial charge in [0.2, 0.25) is 0 Å². The average molecular weight is 295 g/mol. The zero-order chi connectivity index (χ0) is 14.3. The molecule has 0 saturated heterocycles. The number of hydrogen-bond donors (Lipinski definition) is 0. The molecule has 3 nitrogen and oxygen atoms in total. The van der Waals surface area contributed by atoms with E-state index in [0.717, 1.165) is 6.07 Å². The van der Waals surface area contributed by atoms with Gasteiger partial charge >= 0.3 is 11.3 Å². The summed E-state index contributed by atoms with van der Waals surface area (Å²) in [7, 11) is 0. The van der Waals surface area contributed by atoms with Crippen LogP contribution in [-0.2, 0) is 5.92 Å². The molecule has 0 fully saturated rings. The van der Waals surface area contributed by atoms with E-state index in [1.165, 1.54) is 25.3 Å². The van der Waals surface area contributed by atoms with Crippen molar-refractivity contribution >= 4 is 11.6 Å². The first-order chi connectivity index (χ1) is 8.72. The molecule has 0 bridgehead atoms. The third kappa shape index (κ3) is 2.56. The van der Waals surface area contributed by atoms with Crippen molar-refractivity contribution in [2.75, 3.05) is 0 Å². The first-order valence-corrected chi connectivity index (χ1v) is 5.44. The molecule has 0 aliphatic rings. The molecule has 0 amide bonds. The van der Waals surface area contributed by atoms with Crippen molar-refractivity contribution in [3.05, 3.63) is 36.0 Å². The Bertz CT molecular complexity index is 581. The van der Waals surface area contributed by atoms with Crippen LogP contribution in [0.5, 0.6) is 0 Å². The van der Waals surface area contributed by atoms with Crippen molar-refractivity contribution in [1.82, 2.24) is 9.97 Å². The molecule has 0 saturated carbocycles. The van der Waals surface area contributed by atoms with Crippen LogP contribution in [0.3, 0.4) is 0 Å². The van der Waals surface area contributed by atoms with E-state index in [0.29, 0.717) is 0 Å². The van der Waals surface area contributed by atoms with Crippen LogP contribution in [-0.4, -0.2) is 15.3 Å². The second-order valence-corrected chi connectivity index (χ2v) is 4.21. The van der Waals surface area contributed by atoms with E-state index >= 15 is 0 Å². The lowest BCUT2D eigenvalue weighted by Gasteiger charge is -2.20. The molecule has 0 aliphatic carbocycles. The van der Waals surface area contributed by atoms with Gasteiger partial charge in [0.25, 0.3) is 0 Å². The summed E-state index contributed by atoms with van der Waals surface area (Å²) in [6.45, 7) is 1.30. The number of alkyl halides is 5. The zero-order valence-electron chi connectivity index (χ0n) is 9.50. The Morgan fingerprint density at radius 3 is 2.42 bits per heavy atom. The molecule has 2 aromatic heterocycles. The molecule has 2 heterocycles. The lowest BCUT2D eigenvalue weighted by atomic mass is 10.2. The van der Waals surface area contributed by atoms with Gasteiger partial charge in [0, 0.05) is 0 Å². The fraction of sp³-hybridized carbons (Fsp3) is 0.273. The number of aryl methyl sites for hydroxylation is 1. The number of furan rings is 1. The molecule has 0 aliphatic heterocycles. The standard InChI is InChI=1S/C11H7ClF4N2O/c1-6-17-7(8-3-2-4-19-8)5-9(18-6)10(13,14)11(12,15)16/h2-5H,1H3. The average Bonchev–Trinajstić information content (AvgIpc) is 2.79. The maximum absolute atomic E-state index is 13.5. The third-order valence-electron chi connectivity index (χ3n) is 2.29. The van der Waals surface area contributed by atoms with Crippen molar-refractivity contribution in [3.63, 3.8) is 0 Å². The predicted molar refractivity (Wildman–Crippen MR) is 59.2 cm³/mol. The molecule has 0 radical (unpaired) electrons. The van der Waals surface area contributed by atoms with E-state index in [9.17, 15) is 17.6 Å². The van der Waals surface area contributed by atoms with Crippen LogP contribution in [0, 0.1) is 6.92 Å². The smallest absolute Gasteiger partial charge is 0.390 e. The predicted octanol–water partition coefficient (Wildman–Crippen LogP) is 3.97. The number of aromatic nitrogens is 2. The molecule has 0 N–H and O–H groups in total. The summed E-state index contributed by atoms with van der Waals surface area (Å²) in [6, 6.07) is 3.70. The van der Waals surface area contributed by atoms with Gasteiger partial charge in [-0.25, -0.2) is 9.97 Å². The second kappa shape index (κ2) is 4.48. The summed E-state index contributed by atoms with van der Waals surface area (Å²) < 4.78 is 57.3. The van der Waals surface area contributed by atoms with Crippen molar-refractivity contribution in [2.45, 2.75) is 18.2 Å². The van der Waals surface area contributed by atoms with Crippen molar-refractivity contribution in [1.29, 1.82) is 0 Å². The number of hydrogen-bond acceptors (Lipinski definition) is 3. The number of halogens is 5. The zero-order valence-corrected chi connectivity index (χ0v) is 10.3. The van der Waals surface area contributed by atoms with Gasteiger partial charge in [-0.3, -0.25) is 0 Å².